The van der Waals surface area contributed by atoms with Crippen LogP contribution in [0.15, 0.2) is 42.7 Å². The van der Waals surface area contributed by atoms with E-state index in [4.69, 9.17) is 9.72 Å². The highest BCUT2D eigenvalue weighted by Crippen LogP contribution is 2.30. The molecule has 0 aliphatic carbocycles. The maximum Gasteiger partial charge on any atom is 0.233 e. The fraction of sp³-hybridized carbons (Fsp3) is 0.167. The number of anilines is 1. The van der Waals surface area contributed by atoms with Crippen molar-refractivity contribution in [2.45, 2.75) is 0 Å². The Bertz CT molecular complexity index is 1110. The molecule has 1 aromatic carbocycles. The van der Waals surface area contributed by atoms with E-state index in [0.717, 1.165) is 0 Å². The van der Waals surface area contributed by atoms with Gasteiger partial charge in [-0.25, -0.2) is 19.3 Å². The molecule has 0 saturated heterocycles. The number of ether oxygens (including phenoxy) is 1. The molecule has 0 unspecified atom stereocenters. The minimum Gasteiger partial charge on any atom is -0.480 e. The van der Waals surface area contributed by atoms with Crippen LogP contribution in [0, 0.1) is 5.82 Å². The average molecular weight is 365 g/mol. The Hall–Kier alpha value is -3.62. The number of halogens is 1. The third-order valence-electron chi connectivity index (χ3n) is 4.00. The second-order valence-electron chi connectivity index (χ2n) is 5.98. The molecule has 0 bridgehead atoms. The molecule has 4 rings (SSSR count). The molecule has 0 amide bonds. The van der Waals surface area contributed by atoms with Gasteiger partial charge >= 0.3 is 0 Å². The fourth-order valence-electron chi connectivity index (χ4n) is 2.79. The zero-order valence-corrected chi connectivity index (χ0v) is 15.0. The molecule has 0 aliphatic heterocycles. The molecule has 3 aromatic heterocycles. The Morgan fingerprint density at radius 2 is 1.93 bits per heavy atom. The number of aromatic nitrogens is 6. The maximum atomic E-state index is 13.8. The van der Waals surface area contributed by atoms with Crippen LogP contribution in [-0.4, -0.2) is 50.9 Å². The molecule has 27 heavy (non-hydrogen) atoms. The molecule has 0 atom stereocenters. The van der Waals surface area contributed by atoms with Gasteiger partial charge in [-0.15, -0.1) is 10.2 Å². The smallest absolute Gasteiger partial charge is 0.233 e. The van der Waals surface area contributed by atoms with Gasteiger partial charge in [-0.1, -0.05) is 12.1 Å². The SMILES string of the molecule is COc1ccc(-n2c(-c3cccc(F)c3)nc3c(N(C)C)ncnc32)nn1. The van der Waals surface area contributed by atoms with E-state index in [0.29, 0.717) is 40.1 Å². The second-order valence-corrected chi connectivity index (χ2v) is 5.98. The van der Waals surface area contributed by atoms with E-state index in [1.54, 1.807) is 28.8 Å². The van der Waals surface area contributed by atoms with Crippen LogP contribution < -0.4 is 9.64 Å². The van der Waals surface area contributed by atoms with Gasteiger partial charge in [0.15, 0.2) is 22.8 Å². The third-order valence-corrected chi connectivity index (χ3v) is 4.00. The quantitative estimate of drug-likeness (QED) is 0.549. The lowest BCUT2D eigenvalue weighted by molar-refractivity contribution is 0.391. The number of nitrogens with zero attached hydrogens (tertiary/aromatic N) is 7. The molecule has 0 saturated carbocycles. The number of methoxy groups -OCH3 is 1. The van der Waals surface area contributed by atoms with E-state index in [1.807, 2.05) is 19.0 Å². The molecule has 0 spiro atoms. The summed E-state index contributed by atoms with van der Waals surface area (Å²) in [6.07, 6.45) is 1.46. The summed E-state index contributed by atoms with van der Waals surface area (Å²) in [5, 5.41) is 8.23. The molecule has 8 nitrogen and oxygen atoms in total. The Kier molecular flexibility index (Phi) is 4.11. The van der Waals surface area contributed by atoms with Crippen LogP contribution in [0.25, 0.3) is 28.4 Å². The molecule has 9 heteroatoms. The summed E-state index contributed by atoms with van der Waals surface area (Å²) < 4.78 is 20.6. The monoisotopic (exact) mass is 365 g/mol. The van der Waals surface area contributed by atoms with Crippen molar-refractivity contribution in [2.24, 2.45) is 0 Å². The van der Waals surface area contributed by atoms with Crippen molar-refractivity contribution in [3.05, 3.63) is 48.5 Å². The van der Waals surface area contributed by atoms with E-state index in [9.17, 15) is 4.39 Å². The van der Waals surface area contributed by atoms with Crippen LogP contribution in [0.2, 0.25) is 0 Å². The Balaban J connectivity index is 2.04. The predicted molar refractivity (Wildman–Crippen MR) is 98.5 cm³/mol. The first-order chi connectivity index (χ1) is 13.1. The number of hydrogen-bond acceptors (Lipinski definition) is 7. The molecule has 0 N–H and O–H groups in total. The van der Waals surface area contributed by atoms with Crippen molar-refractivity contribution in [2.75, 3.05) is 26.1 Å². The topological polar surface area (TPSA) is 81.9 Å². The van der Waals surface area contributed by atoms with Gasteiger partial charge in [0, 0.05) is 25.7 Å². The normalized spacial score (nSPS) is 11.0. The Morgan fingerprint density at radius 3 is 2.59 bits per heavy atom. The highest BCUT2D eigenvalue weighted by atomic mass is 19.1. The molecular weight excluding hydrogens is 349 g/mol. The summed E-state index contributed by atoms with van der Waals surface area (Å²) in [5.74, 6) is 1.66. The van der Waals surface area contributed by atoms with Gasteiger partial charge in [0.05, 0.1) is 7.11 Å². The van der Waals surface area contributed by atoms with E-state index in [1.165, 1.54) is 25.6 Å². The first-order valence-corrected chi connectivity index (χ1v) is 8.13. The van der Waals surface area contributed by atoms with Crippen LogP contribution in [0.1, 0.15) is 0 Å². The number of imidazole rings is 1. The van der Waals surface area contributed by atoms with E-state index in [2.05, 4.69) is 20.2 Å². The van der Waals surface area contributed by atoms with Crippen LogP contribution in [-0.2, 0) is 0 Å². The molecule has 0 aliphatic rings. The summed E-state index contributed by atoms with van der Waals surface area (Å²) in [6.45, 7) is 0. The van der Waals surface area contributed by atoms with Gasteiger partial charge in [-0.2, -0.15) is 0 Å². The van der Waals surface area contributed by atoms with Crippen molar-refractivity contribution in [1.82, 2.24) is 29.7 Å². The van der Waals surface area contributed by atoms with Crippen LogP contribution in [0.4, 0.5) is 10.2 Å². The van der Waals surface area contributed by atoms with Gasteiger partial charge in [-0.3, -0.25) is 4.57 Å². The highest BCUT2D eigenvalue weighted by Gasteiger charge is 2.20. The number of benzene rings is 1. The number of fused-ring (bicyclic) bond motifs is 1. The summed E-state index contributed by atoms with van der Waals surface area (Å²) in [7, 11) is 5.26. The molecule has 4 aromatic rings. The van der Waals surface area contributed by atoms with Gasteiger partial charge in [0.1, 0.15) is 18.0 Å². The molecule has 0 radical (unpaired) electrons. The van der Waals surface area contributed by atoms with E-state index in [-0.39, 0.29) is 5.82 Å². The fourth-order valence-corrected chi connectivity index (χ4v) is 2.79. The summed E-state index contributed by atoms with van der Waals surface area (Å²) in [6, 6.07) is 9.64. The van der Waals surface area contributed by atoms with Gasteiger partial charge in [0.2, 0.25) is 5.88 Å². The average Bonchev–Trinajstić information content (AvgIpc) is 3.07. The van der Waals surface area contributed by atoms with Crippen LogP contribution in [0.3, 0.4) is 0 Å². The largest absolute Gasteiger partial charge is 0.480 e. The summed E-state index contributed by atoms with van der Waals surface area (Å²) >= 11 is 0. The van der Waals surface area contributed by atoms with Gasteiger partial charge < -0.3 is 9.64 Å². The van der Waals surface area contributed by atoms with Crippen molar-refractivity contribution >= 4 is 17.0 Å². The predicted octanol–water partition coefficient (Wildman–Crippen LogP) is 2.49. The zero-order chi connectivity index (χ0) is 19.0. The van der Waals surface area contributed by atoms with Crippen molar-refractivity contribution in [3.63, 3.8) is 0 Å². The van der Waals surface area contributed by atoms with Gasteiger partial charge in [0.25, 0.3) is 0 Å². The molecular formula is C18H16FN7O. The Morgan fingerprint density at radius 1 is 1.07 bits per heavy atom. The minimum atomic E-state index is -0.356. The summed E-state index contributed by atoms with van der Waals surface area (Å²) in [4.78, 5) is 15.2. The van der Waals surface area contributed by atoms with Crippen molar-refractivity contribution in [3.8, 4) is 23.1 Å². The molecule has 3 heterocycles. The van der Waals surface area contributed by atoms with Gasteiger partial charge in [-0.05, 0) is 18.2 Å². The second kappa shape index (κ2) is 6.60. The Labute approximate surface area is 154 Å². The lowest BCUT2D eigenvalue weighted by atomic mass is 10.2. The van der Waals surface area contributed by atoms with Crippen LogP contribution >= 0.6 is 0 Å². The molecule has 136 valence electrons. The summed E-state index contributed by atoms with van der Waals surface area (Å²) in [5.41, 5.74) is 1.72. The first kappa shape index (κ1) is 16.8. The zero-order valence-electron chi connectivity index (χ0n) is 15.0. The standard InChI is InChI=1S/C18H16FN7O/c1-25(2)17-15-18(21-10-20-17)26(13-7-8-14(27-3)24-23-13)16(22-15)11-5-4-6-12(19)9-11/h4-10H,1-3H3. The van der Waals surface area contributed by atoms with E-state index < -0.39 is 0 Å². The highest BCUT2D eigenvalue weighted by molar-refractivity contribution is 5.88. The van der Waals surface area contributed by atoms with Crippen molar-refractivity contribution < 1.29 is 9.13 Å². The lowest BCUT2D eigenvalue weighted by Gasteiger charge is -2.11. The first-order valence-electron chi connectivity index (χ1n) is 8.13. The van der Waals surface area contributed by atoms with E-state index >= 15 is 0 Å². The van der Waals surface area contributed by atoms with Crippen LogP contribution in [0.5, 0.6) is 5.88 Å². The maximum absolute atomic E-state index is 13.8. The lowest BCUT2D eigenvalue weighted by Crippen LogP contribution is -2.11. The van der Waals surface area contributed by atoms with Crippen molar-refractivity contribution in [1.29, 1.82) is 0 Å². The number of rotatable bonds is 4. The minimum absolute atomic E-state index is 0.356. The molecule has 0 fully saturated rings. The number of hydrogen-bond donors (Lipinski definition) is 0. The third kappa shape index (κ3) is 2.92.